The van der Waals surface area contributed by atoms with Crippen molar-refractivity contribution in [2.45, 2.75) is 19.8 Å². The van der Waals surface area contributed by atoms with Gasteiger partial charge in [0.05, 0.1) is 13.0 Å². The number of carbonyl (C=O) groups is 1. The molecule has 0 unspecified atom stereocenters. The largest absolute Gasteiger partial charge is 0.469 e. The molecule has 0 aromatic rings. The van der Waals surface area contributed by atoms with Gasteiger partial charge in [0.1, 0.15) is 0 Å². The Labute approximate surface area is 72.1 Å². The molecule has 1 atom stereocenters. The van der Waals surface area contributed by atoms with Gasteiger partial charge in [0.25, 0.3) is 0 Å². The molecule has 0 saturated carbocycles. The van der Waals surface area contributed by atoms with Gasteiger partial charge in [-0.1, -0.05) is 6.92 Å². The predicted molar refractivity (Wildman–Crippen MR) is 47.0 cm³/mol. The maximum Gasteiger partial charge on any atom is 0.308 e. The normalized spacial score (nSPS) is 17.3. The van der Waals surface area contributed by atoms with Crippen LogP contribution in [0.5, 0.6) is 0 Å². The van der Waals surface area contributed by atoms with Crippen molar-refractivity contribution in [2.75, 3.05) is 7.11 Å². The van der Waals surface area contributed by atoms with Crippen LogP contribution in [-0.2, 0) is 9.53 Å². The lowest BCUT2D eigenvalue weighted by molar-refractivity contribution is -0.144. The van der Waals surface area contributed by atoms with Gasteiger partial charge in [-0.15, -0.1) is 0 Å². The lowest BCUT2D eigenvalue weighted by atomic mass is 10.0. The van der Waals surface area contributed by atoms with Crippen molar-refractivity contribution in [3.05, 3.63) is 11.8 Å². The number of aliphatic imine (C=N–C) groups is 1. The number of hydrogen-bond donors (Lipinski definition) is 0. The number of allylic oxidation sites excluding steroid dienone is 1. The Morgan fingerprint density at radius 1 is 1.83 bits per heavy atom. The average Bonchev–Trinajstić information content (AvgIpc) is 2.55. The van der Waals surface area contributed by atoms with Crippen LogP contribution in [0.1, 0.15) is 19.8 Å². The predicted octanol–water partition coefficient (Wildman–Crippen LogP) is 1.54. The molecule has 0 N–H and O–H groups in total. The van der Waals surface area contributed by atoms with Crippen molar-refractivity contribution < 1.29 is 9.53 Å². The Morgan fingerprint density at radius 2 is 2.58 bits per heavy atom. The summed E-state index contributed by atoms with van der Waals surface area (Å²) in [6, 6.07) is 0. The summed E-state index contributed by atoms with van der Waals surface area (Å²) in [5, 5.41) is 0. The highest BCUT2D eigenvalue weighted by atomic mass is 16.5. The Bertz CT molecular complexity index is 231. The van der Waals surface area contributed by atoms with Crippen LogP contribution in [0, 0.1) is 5.92 Å². The van der Waals surface area contributed by atoms with Gasteiger partial charge in [0.2, 0.25) is 0 Å². The molecular weight excluding hydrogens is 154 g/mol. The van der Waals surface area contributed by atoms with Gasteiger partial charge < -0.3 is 4.74 Å². The van der Waals surface area contributed by atoms with Crippen LogP contribution in [0.3, 0.4) is 0 Å². The van der Waals surface area contributed by atoms with E-state index in [-0.39, 0.29) is 11.9 Å². The van der Waals surface area contributed by atoms with Gasteiger partial charge in [0, 0.05) is 18.8 Å². The van der Waals surface area contributed by atoms with Gasteiger partial charge in [-0.25, -0.2) is 0 Å². The van der Waals surface area contributed by atoms with Crippen LogP contribution in [0.15, 0.2) is 16.8 Å². The summed E-state index contributed by atoms with van der Waals surface area (Å²) in [5.41, 5.74) is 1.20. The van der Waals surface area contributed by atoms with Gasteiger partial charge in [0.15, 0.2) is 0 Å². The minimum atomic E-state index is -0.150. The molecule has 3 heteroatoms. The third-order valence-corrected chi connectivity index (χ3v) is 1.89. The Balaban J connectivity index is 2.36. The first-order valence-electron chi connectivity index (χ1n) is 4.01. The molecule has 0 aromatic carbocycles. The van der Waals surface area contributed by atoms with Gasteiger partial charge in [-0.2, -0.15) is 0 Å². The monoisotopic (exact) mass is 167 g/mol. The van der Waals surface area contributed by atoms with E-state index >= 15 is 0 Å². The number of rotatable bonds is 3. The third-order valence-electron chi connectivity index (χ3n) is 1.89. The maximum atomic E-state index is 11.0. The summed E-state index contributed by atoms with van der Waals surface area (Å²) >= 11 is 0. The van der Waals surface area contributed by atoms with Crippen molar-refractivity contribution in [1.82, 2.24) is 0 Å². The third kappa shape index (κ3) is 2.19. The highest BCUT2D eigenvalue weighted by molar-refractivity contribution is 5.73. The molecule has 0 amide bonds. The topological polar surface area (TPSA) is 38.7 Å². The second kappa shape index (κ2) is 4.04. The molecule has 3 nitrogen and oxygen atoms in total. The summed E-state index contributed by atoms with van der Waals surface area (Å²) in [7, 11) is 1.42. The second-order valence-corrected chi connectivity index (χ2v) is 2.95. The van der Waals surface area contributed by atoms with E-state index < -0.39 is 0 Å². The van der Waals surface area contributed by atoms with E-state index in [9.17, 15) is 4.79 Å². The van der Waals surface area contributed by atoms with Gasteiger partial charge >= 0.3 is 5.97 Å². The first kappa shape index (κ1) is 8.97. The molecule has 0 spiro atoms. The zero-order valence-electron chi connectivity index (χ0n) is 7.41. The summed E-state index contributed by atoms with van der Waals surface area (Å²) in [4.78, 5) is 15.0. The zero-order valence-corrected chi connectivity index (χ0v) is 7.41. The highest BCUT2D eigenvalue weighted by Crippen LogP contribution is 2.17. The lowest BCUT2D eigenvalue weighted by Gasteiger charge is -2.08. The molecule has 1 aliphatic heterocycles. The lowest BCUT2D eigenvalue weighted by Crippen LogP contribution is -2.13. The van der Waals surface area contributed by atoms with Gasteiger partial charge in [-0.3, -0.25) is 9.79 Å². The molecule has 1 aliphatic rings. The summed E-state index contributed by atoms with van der Waals surface area (Å²) < 4.78 is 4.62. The molecule has 0 aliphatic carbocycles. The van der Waals surface area contributed by atoms with Crippen molar-refractivity contribution in [2.24, 2.45) is 10.9 Å². The summed E-state index contributed by atoms with van der Waals surface area (Å²) in [5.74, 6) is -0.203. The van der Waals surface area contributed by atoms with E-state index in [0.29, 0.717) is 0 Å². The van der Waals surface area contributed by atoms with Crippen molar-refractivity contribution >= 4 is 12.2 Å². The molecule has 0 radical (unpaired) electrons. The zero-order chi connectivity index (χ0) is 8.97. The number of esters is 1. The molecule has 66 valence electrons. The number of nitrogens with zero attached hydrogens (tertiary/aromatic N) is 1. The fourth-order valence-electron chi connectivity index (χ4n) is 1.19. The second-order valence-electron chi connectivity index (χ2n) is 2.95. The van der Waals surface area contributed by atoms with Crippen LogP contribution in [0.25, 0.3) is 0 Å². The van der Waals surface area contributed by atoms with E-state index in [4.69, 9.17) is 0 Å². The minimum absolute atomic E-state index is 0.0528. The fraction of sp³-hybridized carbons (Fsp3) is 0.556. The van der Waals surface area contributed by atoms with E-state index in [1.54, 1.807) is 0 Å². The Hall–Kier alpha value is -1.12. The molecular formula is C9H13NO2. The van der Waals surface area contributed by atoms with E-state index in [0.717, 1.165) is 12.8 Å². The van der Waals surface area contributed by atoms with Crippen molar-refractivity contribution in [3.63, 3.8) is 0 Å². The van der Waals surface area contributed by atoms with Crippen LogP contribution in [0.4, 0.5) is 0 Å². The number of ether oxygens (including phenoxy) is 1. The van der Waals surface area contributed by atoms with Crippen molar-refractivity contribution in [3.8, 4) is 0 Å². The standard InChI is InChI=1S/C9H13NO2/c1-7(9(11)12-2)5-8-3-4-10-6-8/h4,6-7H,3,5H2,1-2H3/t7-/m0/s1. The molecule has 1 heterocycles. The first-order chi connectivity index (χ1) is 5.74. The maximum absolute atomic E-state index is 11.0. The molecule has 0 aromatic heterocycles. The first-order valence-corrected chi connectivity index (χ1v) is 4.01. The molecule has 12 heavy (non-hydrogen) atoms. The van der Waals surface area contributed by atoms with Crippen LogP contribution in [-0.4, -0.2) is 19.3 Å². The minimum Gasteiger partial charge on any atom is -0.469 e. The number of carbonyl (C=O) groups excluding carboxylic acids is 1. The molecule has 0 fully saturated rings. The van der Waals surface area contributed by atoms with Crippen LogP contribution in [0.2, 0.25) is 0 Å². The SMILES string of the molecule is COC(=O)[C@@H](C)CC1=CN=CC1. The Morgan fingerprint density at radius 3 is 3.08 bits per heavy atom. The van der Waals surface area contributed by atoms with Crippen LogP contribution < -0.4 is 0 Å². The number of methoxy groups -OCH3 is 1. The molecule has 0 saturated heterocycles. The van der Waals surface area contributed by atoms with Crippen LogP contribution >= 0.6 is 0 Å². The smallest absolute Gasteiger partial charge is 0.308 e. The quantitative estimate of drug-likeness (QED) is 0.598. The van der Waals surface area contributed by atoms with E-state index in [1.807, 2.05) is 19.3 Å². The number of hydrogen-bond acceptors (Lipinski definition) is 3. The highest BCUT2D eigenvalue weighted by Gasteiger charge is 2.15. The fourth-order valence-corrected chi connectivity index (χ4v) is 1.19. The van der Waals surface area contributed by atoms with Crippen molar-refractivity contribution in [1.29, 1.82) is 0 Å². The van der Waals surface area contributed by atoms with E-state index in [1.165, 1.54) is 12.7 Å². The average molecular weight is 167 g/mol. The molecule has 1 rings (SSSR count). The van der Waals surface area contributed by atoms with E-state index in [2.05, 4.69) is 9.73 Å². The Kier molecular flexibility index (Phi) is 3.02. The van der Waals surface area contributed by atoms with Gasteiger partial charge in [-0.05, 0) is 12.0 Å². The summed E-state index contributed by atoms with van der Waals surface area (Å²) in [6.45, 7) is 1.87. The molecule has 0 bridgehead atoms. The summed E-state index contributed by atoms with van der Waals surface area (Å²) in [6.07, 6.45) is 5.30.